The van der Waals surface area contributed by atoms with Crippen molar-refractivity contribution >= 4 is 21.4 Å². The number of anilines is 2. The summed E-state index contributed by atoms with van der Waals surface area (Å²) in [5.74, 6) is 0.348. The Hall–Kier alpha value is -1.27. The van der Waals surface area contributed by atoms with E-state index in [-0.39, 0.29) is 0 Å². The first-order chi connectivity index (χ1) is 8.42. The van der Waals surface area contributed by atoms with Gasteiger partial charge < -0.3 is 10.1 Å². The molecule has 0 saturated heterocycles. The summed E-state index contributed by atoms with van der Waals surface area (Å²) < 4.78 is 30.0. The third-order valence-electron chi connectivity index (χ3n) is 2.31. The number of sulfonamides is 1. The van der Waals surface area contributed by atoms with Gasteiger partial charge in [-0.2, -0.15) is 0 Å². The summed E-state index contributed by atoms with van der Waals surface area (Å²) in [6.45, 7) is 3.44. The van der Waals surface area contributed by atoms with Crippen LogP contribution in [0.3, 0.4) is 0 Å². The summed E-state index contributed by atoms with van der Waals surface area (Å²) in [5.41, 5.74) is 1.33. The van der Waals surface area contributed by atoms with Crippen molar-refractivity contribution in [2.24, 2.45) is 5.92 Å². The first kappa shape index (κ1) is 14.8. The lowest BCUT2D eigenvalue weighted by Gasteiger charge is -2.15. The molecule has 102 valence electrons. The highest BCUT2D eigenvalue weighted by Gasteiger charge is 2.07. The van der Waals surface area contributed by atoms with Crippen molar-refractivity contribution in [3.05, 3.63) is 24.3 Å². The van der Waals surface area contributed by atoms with Crippen LogP contribution in [-0.4, -0.2) is 34.9 Å². The average molecular weight is 272 g/mol. The Labute approximate surface area is 109 Å². The smallest absolute Gasteiger partial charge is 0.229 e. The van der Waals surface area contributed by atoms with E-state index in [4.69, 9.17) is 4.74 Å². The summed E-state index contributed by atoms with van der Waals surface area (Å²) in [6, 6.07) is 7.21. The van der Waals surface area contributed by atoms with Crippen molar-refractivity contribution in [2.75, 3.05) is 36.6 Å². The van der Waals surface area contributed by atoms with Crippen LogP contribution in [-0.2, 0) is 14.8 Å². The highest BCUT2D eigenvalue weighted by molar-refractivity contribution is 7.92. The molecule has 0 aliphatic heterocycles. The average Bonchev–Trinajstić information content (AvgIpc) is 2.26. The molecule has 1 aromatic rings. The van der Waals surface area contributed by atoms with Gasteiger partial charge in [-0.15, -0.1) is 0 Å². The molecule has 0 bridgehead atoms. The van der Waals surface area contributed by atoms with Crippen LogP contribution in [0.15, 0.2) is 24.3 Å². The van der Waals surface area contributed by atoms with Crippen LogP contribution in [0.25, 0.3) is 0 Å². The molecule has 18 heavy (non-hydrogen) atoms. The van der Waals surface area contributed by atoms with Crippen LogP contribution >= 0.6 is 0 Å². The number of nitrogens with one attached hydrogen (secondary N) is 2. The normalized spacial score (nSPS) is 13.1. The van der Waals surface area contributed by atoms with Gasteiger partial charge in [0, 0.05) is 13.7 Å². The molecule has 0 spiro atoms. The summed E-state index contributed by atoms with van der Waals surface area (Å²) in [7, 11) is -1.60. The van der Waals surface area contributed by atoms with Crippen molar-refractivity contribution < 1.29 is 13.2 Å². The molecule has 0 amide bonds. The van der Waals surface area contributed by atoms with Crippen LogP contribution in [0.5, 0.6) is 0 Å². The van der Waals surface area contributed by atoms with E-state index >= 15 is 0 Å². The fourth-order valence-electron chi connectivity index (χ4n) is 1.55. The van der Waals surface area contributed by atoms with Crippen molar-refractivity contribution in [1.82, 2.24) is 0 Å². The molecular formula is C12H20N2O3S. The van der Waals surface area contributed by atoms with Crippen molar-refractivity contribution in [3.63, 3.8) is 0 Å². The fourth-order valence-corrected chi connectivity index (χ4v) is 2.13. The Morgan fingerprint density at radius 2 is 1.89 bits per heavy atom. The number of ether oxygens (including phenoxy) is 1. The number of benzene rings is 1. The van der Waals surface area contributed by atoms with E-state index in [0.29, 0.717) is 18.2 Å². The topological polar surface area (TPSA) is 67.4 Å². The number of methoxy groups -OCH3 is 1. The highest BCUT2D eigenvalue weighted by atomic mass is 32.2. The third-order valence-corrected chi connectivity index (χ3v) is 2.91. The molecule has 1 aromatic carbocycles. The summed E-state index contributed by atoms with van der Waals surface area (Å²) in [6.07, 6.45) is 1.14. The number of hydrogen-bond donors (Lipinski definition) is 2. The highest BCUT2D eigenvalue weighted by Crippen LogP contribution is 2.22. The van der Waals surface area contributed by atoms with Crippen molar-refractivity contribution in [3.8, 4) is 0 Å². The molecule has 0 aliphatic carbocycles. The maximum absolute atomic E-state index is 11.2. The Kier molecular flexibility index (Phi) is 5.43. The Morgan fingerprint density at radius 3 is 2.44 bits per heavy atom. The molecule has 0 radical (unpaired) electrons. The number of rotatable bonds is 7. The summed E-state index contributed by atoms with van der Waals surface area (Å²) >= 11 is 0. The standard InChI is InChI=1S/C12H20N2O3S/c1-10(9-17-2)8-13-11-6-4-5-7-12(11)14-18(3,15)16/h4-7,10,13-14H,8-9H2,1-3H3. The van der Waals surface area contributed by atoms with Gasteiger partial charge in [-0.1, -0.05) is 19.1 Å². The van der Waals surface area contributed by atoms with Gasteiger partial charge in [0.05, 0.1) is 24.2 Å². The molecule has 0 saturated carbocycles. The lowest BCUT2D eigenvalue weighted by Crippen LogP contribution is -2.17. The second kappa shape index (κ2) is 6.61. The fraction of sp³-hybridized carbons (Fsp3) is 0.500. The largest absolute Gasteiger partial charge is 0.384 e. The van der Waals surface area contributed by atoms with Crippen LogP contribution < -0.4 is 10.0 Å². The van der Waals surface area contributed by atoms with E-state index in [1.807, 2.05) is 12.1 Å². The summed E-state index contributed by atoms with van der Waals surface area (Å²) in [5, 5.41) is 3.21. The first-order valence-electron chi connectivity index (χ1n) is 5.72. The van der Waals surface area contributed by atoms with Gasteiger partial charge in [0.2, 0.25) is 10.0 Å². The second-order valence-corrected chi connectivity index (χ2v) is 6.11. The molecule has 1 unspecified atom stereocenters. The lowest BCUT2D eigenvalue weighted by molar-refractivity contribution is 0.164. The van der Waals surface area contributed by atoms with E-state index in [2.05, 4.69) is 17.0 Å². The first-order valence-corrected chi connectivity index (χ1v) is 7.61. The predicted molar refractivity (Wildman–Crippen MR) is 74.4 cm³/mol. The SMILES string of the molecule is COCC(C)CNc1ccccc1NS(C)(=O)=O. The second-order valence-electron chi connectivity index (χ2n) is 4.36. The minimum absolute atomic E-state index is 0.348. The van der Waals surface area contributed by atoms with Crippen LogP contribution in [0.1, 0.15) is 6.92 Å². The third kappa shape index (κ3) is 5.37. The van der Waals surface area contributed by atoms with Crippen LogP contribution in [0.2, 0.25) is 0 Å². The zero-order valence-corrected chi connectivity index (χ0v) is 11.8. The molecule has 0 aliphatic rings. The molecule has 5 nitrogen and oxygen atoms in total. The van der Waals surface area contributed by atoms with E-state index in [0.717, 1.165) is 18.5 Å². The number of para-hydroxylation sites is 2. The quantitative estimate of drug-likeness (QED) is 0.793. The van der Waals surface area contributed by atoms with E-state index < -0.39 is 10.0 Å². The van der Waals surface area contributed by atoms with E-state index in [1.165, 1.54) is 0 Å². The zero-order valence-electron chi connectivity index (χ0n) is 10.9. The van der Waals surface area contributed by atoms with Gasteiger partial charge in [0.1, 0.15) is 0 Å². The van der Waals surface area contributed by atoms with Gasteiger partial charge in [-0.3, -0.25) is 4.72 Å². The minimum atomic E-state index is -3.26. The lowest BCUT2D eigenvalue weighted by atomic mass is 10.2. The van der Waals surface area contributed by atoms with Gasteiger partial charge in [-0.25, -0.2) is 8.42 Å². The summed E-state index contributed by atoms with van der Waals surface area (Å²) in [4.78, 5) is 0. The molecule has 6 heteroatoms. The maximum atomic E-state index is 11.2. The zero-order chi connectivity index (χ0) is 13.6. The molecular weight excluding hydrogens is 252 g/mol. The molecule has 0 aromatic heterocycles. The molecule has 1 rings (SSSR count). The molecule has 0 fully saturated rings. The molecule has 2 N–H and O–H groups in total. The van der Waals surface area contributed by atoms with E-state index in [9.17, 15) is 8.42 Å². The maximum Gasteiger partial charge on any atom is 0.229 e. The van der Waals surface area contributed by atoms with Crippen LogP contribution in [0, 0.1) is 5.92 Å². The Morgan fingerprint density at radius 1 is 1.28 bits per heavy atom. The van der Waals surface area contributed by atoms with Crippen LogP contribution in [0.4, 0.5) is 11.4 Å². The Balaban J connectivity index is 2.70. The van der Waals surface area contributed by atoms with Gasteiger partial charge >= 0.3 is 0 Å². The van der Waals surface area contributed by atoms with Crippen molar-refractivity contribution in [1.29, 1.82) is 0 Å². The molecule has 1 atom stereocenters. The Bertz CT molecular complexity index is 474. The monoisotopic (exact) mass is 272 g/mol. The van der Waals surface area contributed by atoms with Gasteiger partial charge in [0.25, 0.3) is 0 Å². The van der Waals surface area contributed by atoms with Crippen molar-refractivity contribution in [2.45, 2.75) is 6.92 Å². The van der Waals surface area contributed by atoms with Gasteiger partial charge in [0.15, 0.2) is 0 Å². The van der Waals surface area contributed by atoms with E-state index in [1.54, 1.807) is 19.2 Å². The van der Waals surface area contributed by atoms with Gasteiger partial charge in [-0.05, 0) is 18.1 Å². The number of hydrogen-bond acceptors (Lipinski definition) is 4. The molecule has 0 heterocycles. The minimum Gasteiger partial charge on any atom is -0.384 e. The predicted octanol–water partition coefficient (Wildman–Crippen LogP) is 1.75.